The number of aliphatic hydroxyl groups excluding tert-OH is 1. The van der Waals surface area contributed by atoms with Crippen LogP contribution in [0.15, 0.2) is 48.5 Å². The lowest BCUT2D eigenvalue weighted by atomic mass is 9.80. The van der Waals surface area contributed by atoms with Crippen molar-refractivity contribution in [3.63, 3.8) is 0 Å². The Morgan fingerprint density at radius 3 is 1.71 bits per heavy atom. The maximum atomic E-state index is 11.7. The van der Waals surface area contributed by atoms with E-state index >= 15 is 0 Å². The van der Waals surface area contributed by atoms with Gasteiger partial charge in [-0.05, 0) is 47.0 Å². The molecule has 0 aliphatic heterocycles. The second kappa shape index (κ2) is 9.73. The van der Waals surface area contributed by atoms with Crippen LogP contribution in [0.25, 0.3) is 0 Å². The van der Waals surface area contributed by atoms with E-state index in [1.807, 2.05) is 48.5 Å². The topological polar surface area (TPSA) is 75.6 Å². The van der Waals surface area contributed by atoms with E-state index in [0.29, 0.717) is 34.5 Å². The average Bonchev–Trinajstić information content (AvgIpc) is 3.19. The highest BCUT2D eigenvalue weighted by molar-refractivity contribution is 5.61. The van der Waals surface area contributed by atoms with Gasteiger partial charge in [0.25, 0.3) is 0 Å². The van der Waals surface area contributed by atoms with Crippen molar-refractivity contribution < 1.29 is 33.5 Å². The molecule has 1 N–H and O–H groups in total. The van der Waals surface area contributed by atoms with Crippen LogP contribution >= 0.6 is 0 Å². The molecule has 0 bridgehead atoms. The molecule has 0 radical (unpaired) electrons. The van der Waals surface area contributed by atoms with Crippen LogP contribution < -0.4 is 28.4 Å². The van der Waals surface area contributed by atoms with E-state index in [1.165, 1.54) is 0 Å². The van der Waals surface area contributed by atoms with Gasteiger partial charge in [-0.15, -0.1) is 0 Å². The van der Waals surface area contributed by atoms with Crippen molar-refractivity contribution in [3.8, 4) is 34.5 Å². The van der Waals surface area contributed by atoms with Gasteiger partial charge in [0.2, 0.25) is 0 Å². The molecule has 4 rings (SSSR count). The Kier molecular flexibility index (Phi) is 6.75. The largest absolute Gasteiger partial charge is 0.497 e. The van der Waals surface area contributed by atoms with Crippen LogP contribution in [0.5, 0.6) is 34.5 Å². The fraction of sp³-hybridized carbons (Fsp3) is 0.333. The summed E-state index contributed by atoms with van der Waals surface area (Å²) in [6.07, 6.45) is -0.825. The molecule has 0 amide bonds. The van der Waals surface area contributed by atoms with Gasteiger partial charge in [-0.2, -0.15) is 0 Å². The summed E-state index contributed by atoms with van der Waals surface area (Å²) in [6.45, 7) is 0. The summed E-state index contributed by atoms with van der Waals surface area (Å²) in [6, 6.07) is 15.2. The fourth-order valence-corrected chi connectivity index (χ4v) is 4.86. The van der Waals surface area contributed by atoms with E-state index in [2.05, 4.69) is 0 Å². The second-order valence-corrected chi connectivity index (χ2v) is 8.04. The Hall–Kier alpha value is -3.58. The molecule has 7 heteroatoms. The van der Waals surface area contributed by atoms with Crippen molar-refractivity contribution in [2.24, 2.45) is 0 Å². The van der Waals surface area contributed by atoms with Crippen molar-refractivity contribution in [1.82, 2.24) is 0 Å². The fourth-order valence-electron chi connectivity index (χ4n) is 4.86. The molecule has 0 saturated carbocycles. The van der Waals surface area contributed by atoms with E-state index in [1.54, 1.807) is 42.7 Å². The number of methoxy groups -OCH3 is 6. The zero-order valence-corrected chi connectivity index (χ0v) is 20.2. The third-order valence-corrected chi connectivity index (χ3v) is 6.46. The minimum absolute atomic E-state index is 0.248. The molecule has 3 aromatic rings. The number of benzene rings is 3. The molecule has 0 spiro atoms. The minimum Gasteiger partial charge on any atom is -0.497 e. The average molecular weight is 467 g/mol. The van der Waals surface area contributed by atoms with E-state index < -0.39 is 6.10 Å². The number of fused-ring (bicyclic) bond motifs is 1. The zero-order valence-electron chi connectivity index (χ0n) is 20.2. The van der Waals surface area contributed by atoms with Crippen molar-refractivity contribution in [1.29, 1.82) is 0 Å². The number of hydrogen-bond donors (Lipinski definition) is 1. The van der Waals surface area contributed by atoms with Gasteiger partial charge >= 0.3 is 0 Å². The summed E-state index contributed by atoms with van der Waals surface area (Å²) in [5.74, 6) is 3.20. The number of hydrogen-bond acceptors (Lipinski definition) is 7. The molecule has 3 atom stereocenters. The van der Waals surface area contributed by atoms with E-state index in [0.717, 1.165) is 22.3 Å². The molecule has 1 unspecified atom stereocenters. The molecule has 0 aromatic heterocycles. The van der Waals surface area contributed by atoms with Gasteiger partial charge in [0.15, 0.2) is 11.5 Å². The summed E-state index contributed by atoms with van der Waals surface area (Å²) in [5.41, 5.74) is 3.48. The van der Waals surface area contributed by atoms with E-state index in [-0.39, 0.29) is 11.8 Å². The maximum Gasteiger partial charge on any atom is 0.161 e. The lowest BCUT2D eigenvalue weighted by Crippen LogP contribution is -2.13. The number of ether oxygens (including phenoxy) is 6. The summed E-state index contributed by atoms with van der Waals surface area (Å²) in [7, 11) is 9.64. The smallest absolute Gasteiger partial charge is 0.161 e. The molecule has 7 nitrogen and oxygen atoms in total. The Balaban J connectivity index is 1.98. The molecular weight excluding hydrogens is 436 g/mol. The third kappa shape index (κ3) is 3.96. The van der Waals surface area contributed by atoms with Crippen LogP contribution in [0.2, 0.25) is 0 Å². The molecule has 3 aromatic carbocycles. The Bertz CT molecular complexity index is 1150. The zero-order chi connectivity index (χ0) is 24.4. The van der Waals surface area contributed by atoms with E-state index in [9.17, 15) is 5.11 Å². The van der Waals surface area contributed by atoms with Crippen LogP contribution in [0, 0.1) is 0 Å². The summed E-state index contributed by atoms with van der Waals surface area (Å²) in [4.78, 5) is 0. The highest BCUT2D eigenvalue weighted by atomic mass is 16.5. The van der Waals surface area contributed by atoms with Crippen LogP contribution in [-0.4, -0.2) is 47.8 Å². The van der Waals surface area contributed by atoms with Gasteiger partial charge in [-0.3, -0.25) is 0 Å². The van der Waals surface area contributed by atoms with Gasteiger partial charge in [-0.1, -0.05) is 6.07 Å². The molecule has 34 heavy (non-hydrogen) atoms. The molecule has 1 aliphatic carbocycles. The molecular formula is C27H30O7. The number of aliphatic hydroxyl groups is 1. The normalized spacial score (nSPS) is 18.7. The predicted octanol–water partition coefficient (Wildman–Crippen LogP) is 4.70. The first-order chi connectivity index (χ1) is 16.5. The molecule has 0 saturated heterocycles. The maximum absolute atomic E-state index is 11.7. The van der Waals surface area contributed by atoms with Crippen molar-refractivity contribution in [3.05, 3.63) is 70.8 Å². The van der Waals surface area contributed by atoms with Crippen molar-refractivity contribution >= 4 is 0 Å². The SMILES string of the molecule is COc1cc(OC)cc(C2[C@@H](c3ccc(OC)c(OC)c3)c3c(OC)cc(OC)cc3[C@H]2O)c1. The molecule has 0 fully saturated rings. The van der Waals surface area contributed by atoms with E-state index in [4.69, 9.17) is 28.4 Å². The third-order valence-electron chi connectivity index (χ3n) is 6.46. The van der Waals surface area contributed by atoms with Gasteiger partial charge in [0.05, 0.1) is 48.8 Å². The first-order valence-electron chi connectivity index (χ1n) is 10.9. The summed E-state index contributed by atoms with van der Waals surface area (Å²) < 4.78 is 33.3. The molecule has 1 aliphatic rings. The lowest BCUT2D eigenvalue weighted by Gasteiger charge is -2.26. The van der Waals surface area contributed by atoms with Gasteiger partial charge in [0.1, 0.15) is 23.0 Å². The van der Waals surface area contributed by atoms with Crippen LogP contribution in [0.4, 0.5) is 0 Å². The van der Waals surface area contributed by atoms with Crippen LogP contribution in [0.1, 0.15) is 40.2 Å². The van der Waals surface area contributed by atoms with Gasteiger partial charge in [-0.25, -0.2) is 0 Å². The van der Waals surface area contributed by atoms with Crippen LogP contribution in [0.3, 0.4) is 0 Å². The number of rotatable bonds is 8. The quantitative estimate of drug-likeness (QED) is 0.516. The second-order valence-electron chi connectivity index (χ2n) is 8.04. The standard InChI is InChI=1S/C27H30O7/c1-29-17-9-16(10-18(12-17)30-2)25-24(15-7-8-21(32-4)22(11-15)33-5)26-20(27(25)28)13-19(31-3)14-23(26)34-6/h7-14,24-25,27-28H,1-6H3/t24-,25?,27-/m1/s1. The van der Waals surface area contributed by atoms with Crippen molar-refractivity contribution in [2.45, 2.75) is 17.9 Å². The highest BCUT2D eigenvalue weighted by Crippen LogP contribution is 2.58. The Labute approximate surface area is 199 Å². The monoisotopic (exact) mass is 466 g/mol. The predicted molar refractivity (Wildman–Crippen MR) is 128 cm³/mol. The van der Waals surface area contributed by atoms with Gasteiger partial charge < -0.3 is 33.5 Å². The lowest BCUT2D eigenvalue weighted by molar-refractivity contribution is 0.152. The van der Waals surface area contributed by atoms with Crippen molar-refractivity contribution in [2.75, 3.05) is 42.7 Å². The summed E-state index contributed by atoms with van der Waals surface area (Å²) in [5, 5.41) is 11.7. The Morgan fingerprint density at radius 2 is 1.15 bits per heavy atom. The molecule has 180 valence electrons. The highest BCUT2D eigenvalue weighted by Gasteiger charge is 2.44. The first-order valence-corrected chi connectivity index (χ1v) is 10.9. The van der Waals surface area contributed by atoms with Crippen LogP contribution in [-0.2, 0) is 0 Å². The minimum atomic E-state index is -0.825. The molecule has 0 heterocycles. The van der Waals surface area contributed by atoms with Gasteiger partial charge in [0, 0.05) is 29.5 Å². The first kappa shape index (κ1) is 23.6. The summed E-state index contributed by atoms with van der Waals surface area (Å²) >= 11 is 0. The Morgan fingerprint density at radius 1 is 0.559 bits per heavy atom.